The van der Waals surface area contributed by atoms with Crippen LogP contribution in [0.15, 0.2) is 24.3 Å². The van der Waals surface area contributed by atoms with E-state index in [9.17, 15) is 4.79 Å². The molecule has 3 aliphatic rings. The molecule has 6 nitrogen and oxygen atoms in total. The number of aryl methyl sites for hydroxylation is 2. The molecule has 0 amide bonds. The van der Waals surface area contributed by atoms with Gasteiger partial charge in [-0.25, -0.2) is 9.97 Å². The summed E-state index contributed by atoms with van der Waals surface area (Å²) in [4.78, 5) is 31.7. The van der Waals surface area contributed by atoms with Gasteiger partial charge in [0, 0.05) is 6.42 Å². The maximum Gasteiger partial charge on any atom is 2.00 e. The van der Waals surface area contributed by atoms with Crippen molar-refractivity contribution in [1.82, 2.24) is 19.9 Å². The van der Waals surface area contributed by atoms with Crippen molar-refractivity contribution in [2.75, 3.05) is 7.11 Å². The Labute approximate surface area is 231 Å². The summed E-state index contributed by atoms with van der Waals surface area (Å²) >= 11 is 0. The Kier molecular flexibility index (Phi) is 7.31. The van der Waals surface area contributed by atoms with Crippen LogP contribution >= 0.6 is 0 Å². The third-order valence-corrected chi connectivity index (χ3v) is 7.59. The first kappa shape index (κ1) is 27.0. The summed E-state index contributed by atoms with van der Waals surface area (Å²) in [7, 11) is 1.42. The minimum atomic E-state index is -0.230. The van der Waals surface area contributed by atoms with E-state index in [0.717, 1.165) is 68.3 Å². The number of rotatable bonds is 3. The van der Waals surface area contributed by atoms with E-state index < -0.39 is 0 Å². The second-order valence-electron chi connectivity index (χ2n) is 10.6. The third-order valence-electron chi connectivity index (χ3n) is 7.59. The van der Waals surface area contributed by atoms with Crippen LogP contribution in [-0.4, -0.2) is 23.0 Å². The van der Waals surface area contributed by atoms with Crippen LogP contribution in [-0.2, 0) is 40.8 Å². The Morgan fingerprint density at radius 3 is 2.24 bits per heavy atom. The largest absolute Gasteiger partial charge is 2.00 e. The zero-order chi connectivity index (χ0) is 25.8. The molecule has 37 heavy (non-hydrogen) atoms. The summed E-state index contributed by atoms with van der Waals surface area (Å²) in [6, 6.07) is 8.31. The normalized spacial score (nSPS) is 15.2. The van der Waals surface area contributed by atoms with Gasteiger partial charge in [0.15, 0.2) is 0 Å². The zero-order valence-corrected chi connectivity index (χ0v) is 25.8. The number of nitrogens with zero attached hydrogens (tertiary/aromatic N) is 4. The molecule has 0 atom stereocenters. The van der Waals surface area contributed by atoms with E-state index in [0.29, 0.717) is 12.8 Å². The Hall–Kier alpha value is -3.05. The van der Waals surface area contributed by atoms with E-state index in [1.54, 1.807) is 0 Å². The van der Waals surface area contributed by atoms with Gasteiger partial charge in [0.05, 0.1) is 29.9 Å². The van der Waals surface area contributed by atoms with Crippen LogP contribution < -0.4 is 9.97 Å². The molecule has 0 N–H and O–H groups in total. The second kappa shape index (κ2) is 10.0. The van der Waals surface area contributed by atoms with Crippen molar-refractivity contribution in [3.63, 3.8) is 0 Å². The molecule has 0 spiro atoms. The molecule has 5 heterocycles. The number of methoxy groups -OCH3 is 1. The fourth-order valence-corrected chi connectivity index (χ4v) is 4.92. The molecule has 0 saturated carbocycles. The molecule has 0 unspecified atom stereocenters. The van der Waals surface area contributed by atoms with Gasteiger partial charge in [0.25, 0.3) is 0 Å². The van der Waals surface area contributed by atoms with Gasteiger partial charge < -0.3 is 14.7 Å². The molecular weight excluding hydrogens is 514 g/mol. The summed E-state index contributed by atoms with van der Waals surface area (Å²) in [6.45, 7) is 12.8. The Bertz CT molecular complexity index is 1540. The quantitative estimate of drug-likeness (QED) is 0.354. The molecular formula is C30H32N4O2Zn. The van der Waals surface area contributed by atoms with Crippen molar-refractivity contribution in [2.24, 2.45) is 0 Å². The van der Waals surface area contributed by atoms with Gasteiger partial charge in [-0.2, -0.15) is 11.4 Å². The zero-order valence-electron chi connectivity index (χ0n) is 22.8. The number of carbonyl (C=O) groups excluding carboxylic acids is 1. The molecule has 8 bridgehead atoms. The van der Waals surface area contributed by atoms with Gasteiger partial charge >= 0.3 is 25.4 Å². The van der Waals surface area contributed by atoms with Crippen molar-refractivity contribution in [3.05, 3.63) is 69.6 Å². The number of esters is 1. The summed E-state index contributed by atoms with van der Waals surface area (Å²) in [6.07, 6.45) is 3.74. The summed E-state index contributed by atoms with van der Waals surface area (Å²) in [5.41, 5.74) is 12.9. The number of hydrogen-bond acceptors (Lipinski definition) is 4. The molecule has 186 valence electrons. The average Bonchev–Trinajstić information content (AvgIpc) is 3.50. The van der Waals surface area contributed by atoms with Gasteiger partial charge in [0.1, 0.15) is 0 Å². The Morgan fingerprint density at radius 1 is 0.919 bits per heavy atom. The number of hydrogen-bond donors (Lipinski definition) is 0. The van der Waals surface area contributed by atoms with Gasteiger partial charge in [-0.1, -0.05) is 49.2 Å². The minimum absolute atomic E-state index is 0. The SMILES string of the molecule is COC(=O)CCC1=Cc2cc3[n-]c(cc4nc(cc5[n-]c(cc1n2)C(C)(C)C5)C(C)=C4C)c(C)c3C.[Zn+2]. The van der Waals surface area contributed by atoms with Crippen LogP contribution in [0.3, 0.4) is 0 Å². The van der Waals surface area contributed by atoms with E-state index in [1.807, 2.05) is 6.07 Å². The van der Waals surface area contributed by atoms with Crippen LogP contribution in [0.25, 0.3) is 33.8 Å². The van der Waals surface area contributed by atoms with Gasteiger partial charge in [-0.05, 0) is 68.7 Å². The van der Waals surface area contributed by atoms with Gasteiger partial charge in [-0.3, -0.25) is 4.79 Å². The second-order valence-corrected chi connectivity index (χ2v) is 10.6. The molecule has 0 saturated heterocycles. The van der Waals surface area contributed by atoms with Crippen molar-refractivity contribution >= 4 is 39.8 Å². The van der Waals surface area contributed by atoms with E-state index in [1.165, 1.54) is 18.3 Å². The van der Waals surface area contributed by atoms with Crippen LogP contribution in [0.5, 0.6) is 0 Å². The van der Waals surface area contributed by atoms with Crippen LogP contribution in [0, 0.1) is 13.8 Å². The van der Waals surface area contributed by atoms with Crippen molar-refractivity contribution in [1.29, 1.82) is 0 Å². The van der Waals surface area contributed by atoms with Crippen molar-refractivity contribution in [3.8, 4) is 0 Å². The fraction of sp³-hybridized carbons (Fsp3) is 0.367. The molecule has 0 aliphatic carbocycles. The number of ether oxygens (including phenoxy) is 1. The van der Waals surface area contributed by atoms with E-state index in [2.05, 4.69) is 65.8 Å². The smallest absolute Gasteiger partial charge is 0.664 e. The number of aromatic nitrogens is 4. The average molecular weight is 546 g/mol. The number of fused-ring (bicyclic) bond motifs is 8. The number of allylic oxidation sites excluding steroid dienone is 3. The predicted molar refractivity (Wildman–Crippen MR) is 144 cm³/mol. The van der Waals surface area contributed by atoms with E-state index in [-0.39, 0.29) is 30.9 Å². The topological polar surface area (TPSA) is 80.3 Å². The Morgan fingerprint density at radius 2 is 1.57 bits per heavy atom. The maximum atomic E-state index is 11.9. The molecule has 0 fully saturated rings. The molecule has 5 rings (SSSR count). The number of carbonyl (C=O) groups is 1. The first-order valence-corrected chi connectivity index (χ1v) is 12.4. The first-order valence-electron chi connectivity index (χ1n) is 12.4. The van der Waals surface area contributed by atoms with Crippen molar-refractivity contribution in [2.45, 2.75) is 66.2 Å². The Balaban J connectivity index is 0.00000320. The molecule has 3 aliphatic heterocycles. The molecule has 2 aromatic rings. The van der Waals surface area contributed by atoms with Gasteiger partial charge in [0.2, 0.25) is 0 Å². The van der Waals surface area contributed by atoms with E-state index in [4.69, 9.17) is 24.7 Å². The fourth-order valence-electron chi connectivity index (χ4n) is 4.92. The predicted octanol–water partition coefficient (Wildman–Crippen LogP) is 5.87. The van der Waals surface area contributed by atoms with Gasteiger partial charge in [-0.15, -0.1) is 11.0 Å². The summed E-state index contributed by atoms with van der Waals surface area (Å²) in [5.74, 6) is -0.230. The molecule has 2 aromatic heterocycles. The maximum absolute atomic E-state index is 11.9. The van der Waals surface area contributed by atoms with Crippen LogP contribution in [0.4, 0.5) is 0 Å². The molecule has 0 aromatic carbocycles. The van der Waals surface area contributed by atoms with Crippen LogP contribution in [0.2, 0.25) is 0 Å². The minimum Gasteiger partial charge on any atom is -0.664 e. The summed E-state index contributed by atoms with van der Waals surface area (Å²) in [5, 5.41) is 0. The van der Waals surface area contributed by atoms with Crippen LogP contribution in [0.1, 0.15) is 85.8 Å². The van der Waals surface area contributed by atoms with E-state index >= 15 is 0 Å². The standard InChI is InChI=1S/C30H32N4O2.Zn/c1-16-18(3)25-13-26-19(4)17(2)24(34-26)12-22-15-30(5,6)28(32-22)14-27-20(8-9-29(35)36-7)10-21(31-27)11-23(16)33-25;/h10-14H,8-9,15H2,1-7H3;/q-2;+2. The summed E-state index contributed by atoms with van der Waals surface area (Å²) < 4.78 is 4.87. The van der Waals surface area contributed by atoms with Crippen molar-refractivity contribution < 1.29 is 29.0 Å². The third kappa shape index (κ3) is 5.06. The molecule has 0 radical (unpaired) electrons. The monoisotopic (exact) mass is 544 g/mol. The first-order chi connectivity index (χ1) is 17.1. The molecule has 7 heteroatoms.